The Morgan fingerprint density at radius 3 is 3.05 bits per heavy atom. The number of hydrogen-bond donors (Lipinski definition) is 0. The van der Waals surface area contributed by atoms with Crippen LogP contribution in [0.1, 0.15) is 42.5 Å². The van der Waals surface area contributed by atoms with Crippen molar-refractivity contribution in [2.24, 2.45) is 0 Å². The highest BCUT2D eigenvalue weighted by atomic mass is 16.5. The van der Waals surface area contributed by atoms with Crippen molar-refractivity contribution in [3.63, 3.8) is 0 Å². The van der Waals surface area contributed by atoms with Crippen LogP contribution in [0.5, 0.6) is 0 Å². The van der Waals surface area contributed by atoms with Crippen molar-refractivity contribution in [1.29, 1.82) is 0 Å². The summed E-state index contributed by atoms with van der Waals surface area (Å²) in [7, 11) is 0. The van der Waals surface area contributed by atoms with Crippen LogP contribution in [-0.4, -0.2) is 28.1 Å². The summed E-state index contributed by atoms with van der Waals surface area (Å²) in [6.45, 7) is 4.13. The van der Waals surface area contributed by atoms with Crippen LogP contribution in [-0.2, 0) is 6.42 Å². The van der Waals surface area contributed by atoms with Crippen molar-refractivity contribution in [3.05, 3.63) is 47.6 Å². The van der Waals surface area contributed by atoms with E-state index in [-0.39, 0.29) is 0 Å². The molecule has 0 radical (unpaired) electrons. The summed E-state index contributed by atoms with van der Waals surface area (Å²) >= 11 is 0. The molecule has 0 unspecified atom stereocenters. The molecule has 106 valence electrons. The van der Waals surface area contributed by atoms with E-state index in [1.54, 1.807) is 0 Å². The van der Waals surface area contributed by atoms with Gasteiger partial charge in [0, 0.05) is 30.9 Å². The lowest BCUT2D eigenvalue weighted by molar-refractivity contribution is 0.143. The lowest BCUT2D eigenvalue weighted by atomic mass is 9.99. The molecule has 1 atom stereocenters. The summed E-state index contributed by atoms with van der Waals surface area (Å²) in [5.74, 6) is 0.898. The Bertz CT molecular complexity index is 538. The van der Waals surface area contributed by atoms with Crippen LogP contribution in [0.4, 0.5) is 0 Å². The van der Waals surface area contributed by atoms with Gasteiger partial charge in [0.15, 0.2) is 0 Å². The first-order valence-corrected chi connectivity index (χ1v) is 7.40. The molecule has 1 aliphatic heterocycles. The number of nitrogens with zero attached hydrogens (tertiary/aromatic N) is 3. The van der Waals surface area contributed by atoms with E-state index in [0.717, 1.165) is 36.7 Å². The van der Waals surface area contributed by atoms with Crippen molar-refractivity contribution >= 4 is 0 Å². The maximum Gasteiger partial charge on any atom is 0.133 e. The molecule has 0 spiro atoms. The summed E-state index contributed by atoms with van der Waals surface area (Å²) in [6.07, 6.45) is 6.58. The van der Waals surface area contributed by atoms with E-state index in [0.29, 0.717) is 6.04 Å². The molecule has 3 rings (SSSR count). The van der Waals surface area contributed by atoms with Crippen LogP contribution in [0.15, 0.2) is 35.0 Å². The topological polar surface area (TPSA) is 42.2 Å². The van der Waals surface area contributed by atoms with Gasteiger partial charge in [-0.1, -0.05) is 17.6 Å². The molecule has 3 heterocycles. The van der Waals surface area contributed by atoms with Crippen LogP contribution >= 0.6 is 0 Å². The van der Waals surface area contributed by atoms with Crippen molar-refractivity contribution in [3.8, 4) is 0 Å². The van der Waals surface area contributed by atoms with Gasteiger partial charge in [0.1, 0.15) is 11.5 Å². The van der Waals surface area contributed by atoms with E-state index in [1.165, 1.54) is 19.3 Å². The van der Waals surface area contributed by atoms with Gasteiger partial charge in [-0.2, -0.15) is 0 Å². The molecule has 2 aromatic heterocycles. The molecule has 0 saturated carbocycles. The molecular weight excluding hydrogens is 250 g/mol. The zero-order valence-electron chi connectivity index (χ0n) is 12.0. The van der Waals surface area contributed by atoms with Gasteiger partial charge in [-0.3, -0.25) is 9.88 Å². The summed E-state index contributed by atoms with van der Waals surface area (Å²) in [5.41, 5.74) is 2.25. The first-order valence-electron chi connectivity index (χ1n) is 7.40. The quantitative estimate of drug-likeness (QED) is 0.856. The fourth-order valence-electron chi connectivity index (χ4n) is 2.94. The van der Waals surface area contributed by atoms with E-state index in [4.69, 9.17) is 4.52 Å². The molecule has 1 fully saturated rings. The van der Waals surface area contributed by atoms with Gasteiger partial charge in [-0.15, -0.1) is 0 Å². The lowest BCUT2D eigenvalue weighted by Gasteiger charge is -2.34. The number of hydrogen-bond acceptors (Lipinski definition) is 4. The highest BCUT2D eigenvalue weighted by molar-refractivity contribution is 5.10. The van der Waals surface area contributed by atoms with Crippen LogP contribution in [0, 0.1) is 6.92 Å². The SMILES string of the molecule is Cc1cc([C@@H]2CCCCN2CCc2ccccn2)no1. The Morgan fingerprint density at radius 2 is 2.30 bits per heavy atom. The highest BCUT2D eigenvalue weighted by Crippen LogP contribution is 2.30. The van der Waals surface area contributed by atoms with Gasteiger partial charge in [-0.25, -0.2) is 0 Å². The number of piperidine rings is 1. The Morgan fingerprint density at radius 1 is 1.35 bits per heavy atom. The normalized spacial score (nSPS) is 20.1. The van der Waals surface area contributed by atoms with Crippen molar-refractivity contribution in [1.82, 2.24) is 15.0 Å². The molecule has 0 bridgehead atoms. The molecule has 1 aliphatic rings. The van der Waals surface area contributed by atoms with E-state index in [2.05, 4.69) is 33.2 Å². The second kappa shape index (κ2) is 6.18. The molecule has 4 heteroatoms. The minimum absolute atomic E-state index is 0.407. The summed E-state index contributed by atoms with van der Waals surface area (Å²) in [5, 5.41) is 4.21. The van der Waals surface area contributed by atoms with Crippen molar-refractivity contribution < 1.29 is 4.52 Å². The second-order valence-corrected chi connectivity index (χ2v) is 5.48. The monoisotopic (exact) mass is 271 g/mol. The predicted octanol–water partition coefficient (Wildman–Crippen LogP) is 3.15. The van der Waals surface area contributed by atoms with Gasteiger partial charge in [0.25, 0.3) is 0 Å². The minimum Gasteiger partial charge on any atom is -0.361 e. The van der Waals surface area contributed by atoms with Gasteiger partial charge >= 0.3 is 0 Å². The van der Waals surface area contributed by atoms with Crippen molar-refractivity contribution in [2.45, 2.75) is 38.6 Å². The average molecular weight is 271 g/mol. The van der Waals surface area contributed by atoms with Crippen LogP contribution < -0.4 is 0 Å². The summed E-state index contributed by atoms with van der Waals surface area (Å²) in [4.78, 5) is 6.93. The number of rotatable bonds is 4. The molecule has 4 nitrogen and oxygen atoms in total. The fourth-order valence-corrected chi connectivity index (χ4v) is 2.94. The van der Waals surface area contributed by atoms with Gasteiger partial charge in [-0.05, 0) is 38.4 Å². The molecule has 2 aromatic rings. The lowest BCUT2D eigenvalue weighted by Crippen LogP contribution is -2.35. The number of pyridine rings is 1. The summed E-state index contributed by atoms with van der Waals surface area (Å²) < 4.78 is 5.24. The average Bonchev–Trinajstić information content (AvgIpc) is 2.93. The summed E-state index contributed by atoms with van der Waals surface area (Å²) in [6, 6.07) is 8.59. The Labute approximate surface area is 119 Å². The predicted molar refractivity (Wildman–Crippen MR) is 77.3 cm³/mol. The zero-order valence-corrected chi connectivity index (χ0v) is 12.0. The first-order chi connectivity index (χ1) is 9.83. The molecule has 20 heavy (non-hydrogen) atoms. The third-order valence-corrected chi connectivity index (χ3v) is 3.98. The Kier molecular flexibility index (Phi) is 4.11. The number of likely N-dealkylation sites (tertiary alicyclic amines) is 1. The third-order valence-electron chi connectivity index (χ3n) is 3.98. The van der Waals surface area contributed by atoms with Gasteiger partial charge in [0.2, 0.25) is 0 Å². The Hall–Kier alpha value is -1.68. The third kappa shape index (κ3) is 3.07. The molecular formula is C16H21N3O. The molecule has 0 N–H and O–H groups in total. The molecule has 0 aromatic carbocycles. The first kappa shape index (κ1) is 13.3. The minimum atomic E-state index is 0.407. The van der Waals surface area contributed by atoms with Crippen LogP contribution in [0.2, 0.25) is 0 Å². The van der Waals surface area contributed by atoms with Crippen molar-refractivity contribution in [2.75, 3.05) is 13.1 Å². The van der Waals surface area contributed by atoms with E-state index in [9.17, 15) is 0 Å². The van der Waals surface area contributed by atoms with E-state index < -0.39 is 0 Å². The molecule has 0 amide bonds. The largest absolute Gasteiger partial charge is 0.361 e. The van der Waals surface area contributed by atoms with Crippen LogP contribution in [0.3, 0.4) is 0 Å². The molecule has 0 aliphatic carbocycles. The zero-order chi connectivity index (χ0) is 13.8. The smallest absolute Gasteiger partial charge is 0.133 e. The van der Waals surface area contributed by atoms with Gasteiger partial charge in [0.05, 0.1) is 6.04 Å². The highest BCUT2D eigenvalue weighted by Gasteiger charge is 2.26. The van der Waals surface area contributed by atoms with E-state index in [1.807, 2.05) is 19.2 Å². The number of aryl methyl sites for hydroxylation is 1. The maximum atomic E-state index is 5.24. The molecule has 1 saturated heterocycles. The van der Waals surface area contributed by atoms with E-state index >= 15 is 0 Å². The number of aromatic nitrogens is 2. The standard InChI is InChI=1S/C16H21N3O/c1-13-12-15(18-20-13)16-7-3-5-10-19(16)11-8-14-6-2-4-9-17-14/h2,4,6,9,12,16H,3,5,7-8,10-11H2,1H3/t16-/m0/s1. The second-order valence-electron chi connectivity index (χ2n) is 5.48. The Balaban J connectivity index is 1.66. The van der Waals surface area contributed by atoms with Gasteiger partial charge < -0.3 is 4.52 Å². The van der Waals surface area contributed by atoms with Crippen LogP contribution in [0.25, 0.3) is 0 Å². The maximum absolute atomic E-state index is 5.24. The fraction of sp³-hybridized carbons (Fsp3) is 0.500.